The second-order valence-corrected chi connectivity index (χ2v) is 7.87. The van der Waals surface area contributed by atoms with Crippen molar-refractivity contribution in [3.05, 3.63) is 60.9 Å². The molecule has 0 aliphatic carbocycles. The first-order valence-corrected chi connectivity index (χ1v) is 10.9. The van der Waals surface area contributed by atoms with Crippen molar-refractivity contribution >= 4 is 11.0 Å². The van der Waals surface area contributed by atoms with E-state index in [4.69, 9.17) is 19.0 Å². The Hall–Kier alpha value is -3.21. The molecule has 3 N–H and O–H groups in total. The topological polar surface area (TPSA) is 102 Å². The van der Waals surface area contributed by atoms with Gasteiger partial charge in [0.1, 0.15) is 36.1 Å². The Morgan fingerprint density at radius 3 is 2.51 bits per heavy atom. The molecular formula is C25H27F3O7. The maximum atomic E-state index is 13.0. The summed E-state index contributed by atoms with van der Waals surface area (Å²) in [6.07, 6.45) is -4.67. The third-order valence-electron chi connectivity index (χ3n) is 5.05. The van der Waals surface area contributed by atoms with Gasteiger partial charge in [-0.25, -0.2) is 0 Å². The minimum Gasteiger partial charge on any atom is -0.499 e. The van der Waals surface area contributed by atoms with Crippen LogP contribution in [0.2, 0.25) is 0 Å². The number of hydrogen-bond acceptors (Lipinski definition) is 7. The van der Waals surface area contributed by atoms with Gasteiger partial charge in [0, 0.05) is 24.5 Å². The fourth-order valence-electron chi connectivity index (χ4n) is 3.47. The standard InChI is InChI=1S/C25H27F3O7/c1-2-32-14-18(30)12-19(31)15-33-20-7-6-17-11-23(34-22(17)13-20)21-8-5-16(4-3-9-29)10-24(21)35-25(26,27)28/h2,5-8,10-11,13,18-19,29-31H,1,3-4,9,12,14-15H2. The third kappa shape index (κ3) is 7.91. The first-order chi connectivity index (χ1) is 16.7. The molecule has 0 saturated carbocycles. The molecule has 0 fully saturated rings. The number of benzene rings is 2. The van der Waals surface area contributed by atoms with Crippen LogP contribution < -0.4 is 9.47 Å². The Morgan fingerprint density at radius 1 is 1.03 bits per heavy atom. The molecular weight excluding hydrogens is 469 g/mol. The van der Waals surface area contributed by atoms with Crippen LogP contribution in [0.5, 0.6) is 11.5 Å². The van der Waals surface area contributed by atoms with Crippen molar-refractivity contribution in [2.75, 3.05) is 19.8 Å². The molecule has 0 bridgehead atoms. The van der Waals surface area contributed by atoms with Gasteiger partial charge in [0.25, 0.3) is 0 Å². The summed E-state index contributed by atoms with van der Waals surface area (Å²) in [5.41, 5.74) is 1.09. The molecule has 0 amide bonds. The van der Waals surface area contributed by atoms with E-state index in [2.05, 4.69) is 11.3 Å². The third-order valence-corrected chi connectivity index (χ3v) is 5.05. The van der Waals surface area contributed by atoms with Gasteiger partial charge in [-0.2, -0.15) is 0 Å². The number of fused-ring (bicyclic) bond motifs is 1. The van der Waals surface area contributed by atoms with Gasteiger partial charge in [0.2, 0.25) is 0 Å². The van der Waals surface area contributed by atoms with E-state index >= 15 is 0 Å². The SMILES string of the molecule is C=COCC(O)CC(O)COc1ccc2cc(-c3ccc(CCCO)cc3OC(F)(F)F)oc2c1. The van der Waals surface area contributed by atoms with Gasteiger partial charge in [-0.3, -0.25) is 0 Å². The van der Waals surface area contributed by atoms with Crippen LogP contribution in [0.25, 0.3) is 22.3 Å². The summed E-state index contributed by atoms with van der Waals surface area (Å²) in [5.74, 6) is 0.154. The van der Waals surface area contributed by atoms with Crippen LogP contribution in [0.15, 0.2) is 59.7 Å². The van der Waals surface area contributed by atoms with Crippen LogP contribution in [-0.4, -0.2) is 53.7 Å². The molecule has 2 aromatic carbocycles. The first-order valence-electron chi connectivity index (χ1n) is 10.9. The molecule has 0 radical (unpaired) electrons. The van der Waals surface area contributed by atoms with Crippen LogP contribution in [0.3, 0.4) is 0 Å². The summed E-state index contributed by atoms with van der Waals surface area (Å²) < 4.78 is 59.5. The normalized spacial score (nSPS) is 13.4. The molecule has 190 valence electrons. The molecule has 3 aromatic rings. The lowest BCUT2D eigenvalue weighted by atomic mass is 10.0. The first kappa shape index (κ1) is 26.4. The van der Waals surface area contributed by atoms with Gasteiger partial charge in [0.05, 0.1) is 24.0 Å². The van der Waals surface area contributed by atoms with Crippen LogP contribution in [0, 0.1) is 0 Å². The zero-order chi connectivity index (χ0) is 25.4. The zero-order valence-electron chi connectivity index (χ0n) is 18.8. The molecule has 0 spiro atoms. The second-order valence-electron chi connectivity index (χ2n) is 7.87. The molecule has 7 nitrogen and oxygen atoms in total. The lowest BCUT2D eigenvalue weighted by Gasteiger charge is -2.16. The van der Waals surface area contributed by atoms with E-state index < -0.39 is 24.3 Å². The lowest BCUT2D eigenvalue weighted by Crippen LogP contribution is -2.26. The minimum atomic E-state index is -4.89. The maximum absolute atomic E-state index is 13.0. The molecule has 2 atom stereocenters. The Bertz CT molecular complexity index is 1110. The quantitative estimate of drug-likeness (QED) is 0.298. The number of alkyl halides is 3. The van der Waals surface area contributed by atoms with Crippen molar-refractivity contribution in [3.8, 4) is 22.8 Å². The number of hydrogen-bond donors (Lipinski definition) is 3. The highest BCUT2D eigenvalue weighted by molar-refractivity contribution is 5.85. The maximum Gasteiger partial charge on any atom is 0.573 e. The summed E-state index contributed by atoms with van der Waals surface area (Å²) in [5, 5.41) is 29.4. The van der Waals surface area contributed by atoms with E-state index in [9.17, 15) is 23.4 Å². The largest absolute Gasteiger partial charge is 0.573 e. The number of aryl methyl sites for hydroxylation is 1. The van der Waals surface area contributed by atoms with Crippen molar-refractivity contribution in [3.63, 3.8) is 0 Å². The number of halogens is 3. The fraction of sp³-hybridized carbons (Fsp3) is 0.360. The molecule has 1 heterocycles. The number of aliphatic hydroxyl groups excluding tert-OH is 3. The summed E-state index contributed by atoms with van der Waals surface area (Å²) in [6.45, 7) is 3.21. The molecule has 0 saturated heterocycles. The van der Waals surface area contributed by atoms with Crippen LogP contribution >= 0.6 is 0 Å². The summed E-state index contributed by atoms with van der Waals surface area (Å²) in [6, 6.07) is 10.9. The monoisotopic (exact) mass is 496 g/mol. The molecule has 3 rings (SSSR count). The highest BCUT2D eigenvalue weighted by atomic mass is 19.4. The molecule has 2 unspecified atom stereocenters. The van der Waals surface area contributed by atoms with E-state index in [1.54, 1.807) is 30.3 Å². The van der Waals surface area contributed by atoms with Crippen LogP contribution in [0.1, 0.15) is 18.4 Å². The number of ether oxygens (including phenoxy) is 3. The Morgan fingerprint density at radius 2 is 1.80 bits per heavy atom. The number of rotatable bonds is 13. The van der Waals surface area contributed by atoms with E-state index in [0.29, 0.717) is 35.1 Å². The fourth-order valence-corrected chi connectivity index (χ4v) is 3.47. The van der Waals surface area contributed by atoms with E-state index in [1.807, 2.05) is 0 Å². The van der Waals surface area contributed by atoms with Gasteiger partial charge in [-0.1, -0.05) is 12.6 Å². The molecule has 10 heteroatoms. The van der Waals surface area contributed by atoms with Crippen LogP contribution in [-0.2, 0) is 11.2 Å². The smallest absolute Gasteiger partial charge is 0.499 e. The van der Waals surface area contributed by atoms with E-state index in [0.717, 1.165) is 0 Å². The molecule has 1 aromatic heterocycles. The Balaban J connectivity index is 1.76. The van der Waals surface area contributed by atoms with Crippen molar-refractivity contribution < 1.29 is 47.1 Å². The highest BCUT2D eigenvalue weighted by Gasteiger charge is 2.33. The molecule has 0 aliphatic heterocycles. The van der Waals surface area contributed by atoms with Gasteiger partial charge < -0.3 is 33.9 Å². The Kier molecular flexibility index (Phi) is 9.02. The average Bonchev–Trinajstić information content (AvgIpc) is 3.22. The minimum absolute atomic E-state index is 0.00411. The molecule has 0 aliphatic rings. The van der Waals surface area contributed by atoms with E-state index in [1.165, 1.54) is 18.4 Å². The van der Waals surface area contributed by atoms with Crippen molar-refractivity contribution in [2.45, 2.75) is 37.8 Å². The highest BCUT2D eigenvalue weighted by Crippen LogP contribution is 2.38. The average molecular weight is 496 g/mol. The van der Waals surface area contributed by atoms with E-state index in [-0.39, 0.29) is 37.6 Å². The van der Waals surface area contributed by atoms with Gasteiger partial charge in [0.15, 0.2) is 0 Å². The molecule has 35 heavy (non-hydrogen) atoms. The van der Waals surface area contributed by atoms with Gasteiger partial charge in [-0.05, 0) is 48.7 Å². The summed E-state index contributed by atoms with van der Waals surface area (Å²) in [7, 11) is 0. The van der Waals surface area contributed by atoms with Gasteiger partial charge in [-0.15, -0.1) is 13.2 Å². The zero-order valence-corrected chi connectivity index (χ0v) is 18.8. The van der Waals surface area contributed by atoms with Crippen molar-refractivity contribution in [2.24, 2.45) is 0 Å². The summed E-state index contributed by atoms with van der Waals surface area (Å²) >= 11 is 0. The predicted molar refractivity (Wildman–Crippen MR) is 122 cm³/mol. The number of furan rings is 1. The lowest BCUT2D eigenvalue weighted by molar-refractivity contribution is -0.274. The van der Waals surface area contributed by atoms with Crippen LogP contribution in [0.4, 0.5) is 13.2 Å². The van der Waals surface area contributed by atoms with Gasteiger partial charge >= 0.3 is 6.36 Å². The summed E-state index contributed by atoms with van der Waals surface area (Å²) in [4.78, 5) is 0. The van der Waals surface area contributed by atoms with Crippen molar-refractivity contribution in [1.29, 1.82) is 0 Å². The number of aliphatic hydroxyl groups is 3. The van der Waals surface area contributed by atoms with Crippen molar-refractivity contribution in [1.82, 2.24) is 0 Å². The second kappa shape index (κ2) is 12.0. The predicted octanol–water partition coefficient (Wildman–Crippen LogP) is 4.57. The Labute approximate surface area is 200 Å².